The van der Waals surface area contributed by atoms with E-state index in [0.29, 0.717) is 6.04 Å². The van der Waals surface area contributed by atoms with Crippen LogP contribution in [0, 0.1) is 0 Å². The number of cyclic esters (lactones) is 2. The highest BCUT2D eigenvalue weighted by Crippen LogP contribution is 2.18. The van der Waals surface area contributed by atoms with Crippen LogP contribution in [0.2, 0.25) is 0 Å². The van der Waals surface area contributed by atoms with Gasteiger partial charge in [0.15, 0.2) is 0 Å². The maximum absolute atomic E-state index is 11.0. The molecule has 4 heteroatoms. The summed E-state index contributed by atoms with van der Waals surface area (Å²) >= 11 is 0. The average Bonchev–Trinajstić information content (AvgIpc) is 2.18. The number of nitrogens with zero attached hydrogens (tertiary/aromatic N) is 1. The molecule has 4 nitrogen and oxygen atoms in total. The molecule has 2 rings (SSSR count). The summed E-state index contributed by atoms with van der Waals surface area (Å²) in [5, 5.41) is 0. The predicted octanol–water partition coefficient (Wildman–Crippen LogP) is 0.480. The lowest BCUT2D eigenvalue weighted by molar-refractivity contribution is -0.168. The van der Waals surface area contributed by atoms with E-state index < -0.39 is 11.9 Å². The normalized spacial score (nSPS) is 29.0. The van der Waals surface area contributed by atoms with Crippen molar-refractivity contribution in [3.63, 3.8) is 0 Å². The summed E-state index contributed by atoms with van der Waals surface area (Å²) in [4.78, 5) is 24.0. The lowest BCUT2D eigenvalue weighted by Gasteiger charge is -2.32. The van der Waals surface area contributed by atoms with Crippen molar-refractivity contribution in [2.45, 2.75) is 25.3 Å². The Hall–Kier alpha value is -1.16. The van der Waals surface area contributed by atoms with Crippen molar-refractivity contribution in [3.8, 4) is 0 Å². The van der Waals surface area contributed by atoms with Crippen LogP contribution in [-0.4, -0.2) is 36.0 Å². The standard InChI is InChI=1S/C10H13NO3/c12-9-6-11(7-10(13)14-9)8-4-2-1-3-5-8/h1-2,8H,3-7H2. The fourth-order valence-electron chi connectivity index (χ4n) is 1.95. The molecule has 0 radical (unpaired) electrons. The first kappa shape index (κ1) is 9.40. The Labute approximate surface area is 82.5 Å². The molecule has 0 aromatic heterocycles. The Kier molecular flexibility index (Phi) is 2.63. The summed E-state index contributed by atoms with van der Waals surface area (Å²) in [7, 11) is 0. The number of ether oxygens (including phenoxy) is 1. The van der Waals surface area contributed by atoms with Gasteiger partial charge in [-0.15, -0.1) is 0 Å². The molecule has 1 aliphatic carbocycles. The first-order valence-corrected chi connectivity index (χ1v) is 4.88. The van der Waals surface area contributed by atoms with Gasteiger partial charge in [-0.25, -0.2) is 0 Å². The smallest absolute Gasteiger partial charge is 0.327 e. The molecule has 0 N–H and O–H groups in total. The Morgan fingerprint density at radius 3 is 2.50 bits per heavy atom. The largest absolute Gasteiger partial charge is 0.391 e. The molecule has 0 aromatic rings. The van der Waals surface area contributed by atoms with Crippen molar-refractivity contribution in [1.82, 2.24) is 4.90 Å². The zero-order chi connectivity index (χ0) is 9.97. The summed E-state index contributed by atoms with van der Waals surface area (Å²) in [5.41, 5.74) is 0. The van der Waals surface area contributed by atoms with Gasteiger partial charge in [0.05, 0.1) is 13.1 Å². The highest BCUT2D eigenvalue weighted by molar-refractivity contribution is 5.90. The molecular formula is C10H13NO3. The second-order valence-corrected chi connectivity index (χ2v) is 3.69. The molecule has 0 amide bonds. The Balaban J connectivity index is 1.99. The predicted molar refractivity (Wildman–Crippen MR) is 49.5 cm³/mol. The van der Waals surface area contributed by atoms with Crippen molar-refractivity contribution >= 4 is 11.9 Å². The van der Waals surface area contributed by atoms with Crippen molar-refractivity contribution in [1.29, 1.82) is 0 Å². The molecule has 14 heavy (non-hydrogen) atoms. The highest BCUT2D eigenvalue weighted by Gasteiger charge is 2.29. The maximum atomic E-state index is 11.0. The van der Waals surface area contributed by atoms with E-state index >= 15 is 0 Å². The third-order valence-electron chi connectivity index (χ3n) is 2.65. The van der Waals surface area contributed by atoms with Crippen LogP contribution in [0.3, 0.4) is 0 Å². The first-order valence-electron chi connectivity index (χ1n) is 4.88. The SMILES string of the molecule is O=C1CN(C2CC=CCC2)CC(=O)O1. The van der Waals surface area contributed by atoms with Crippen LogP contribution in [0.15, 0.2) is 12.2 Å². The third kappa shape index (κ3) is 2.01. The van der Waals surface area contributed by atoms with Gasteiger partial charge in [-0.2, -0.15) is 0 Å². The number of hydrogen-bond acceptors (Lipinski definition) is 4. The number of esters is 2. The minimum atomic E-state index is -0.421. The Morgan fingerprint density at radius 1 is 1.21 bits per heavy atom. The summed E-state index contributed by atoms with van der Waals surface area (Å²) < 4.78 is 4.47. The van der Waals surface area contributed by atoms with Gasteiger partial charge in [-0.3, -0.25) is 14.5 Å². The lowest BCUT2D eigenvalue weighted by atomic mass is 10.00. The van der Waals surface area contributed by atoms with Crippen LogP contribution in [-0.2, 0) is 14.3 Å². The topological polar surface area (TPSA) is 46.6 Å². The minimum Gasteiger partial charge on any atom is -0.391 e. The van der Waals surface area contributed by atoms with E-state index in [1.807, 2.05) is 4.90 Å². The minimum absolute atomic E-state index is 0.254. The molecule has 1 heterocycles. The van der Waals surface area contributed by atoms with Crippen LogP contribution < -0.4 is 0 Å². The van der Waals surface area contributed by atoms with Gasteiger partial charge in [-0.1, -0.05) is 12.2 Å². The van der Waals surface area contributed by atoms with Crippen LogP contribution >= 0.6 is 0 Å². The molecule has 1 fully saturated rings. The fraction of sp³-hybridized carbons (Fsp3) is 0.600. The molecule has 0 bridgehead atoms. The van der Waals surface area contributed by atoms with Crippen LogP contribution in [0.25, 0.3) is 0 Å². The first-order chi connectivity index (χ1) is 6.75. The van der Waals surface area contributed by atoms with Gasteiger partial charge >= 0.3 is 11.9 Å². The third-order valence-corrected chi connectivity index (χ3v) is 2.65. The highest BCUT2D eigenvalue weighted by atomic mass is 16.6. The van der Waals surface area contributed by atoms with E-state index in [-0.39, 0.29) is 13.1 Å². The number of carbonyl (C=O) groups excluding carboxylic acids is 2. The quantitative estimate of drug-likeness (QED) is 0.347. The number of carbonyl (C=O) groups is 2. The number of morpholine rings is 1. The molecule has 2 aliphatic rings. The van der Waals surface area contributed by atoms with Crippen molar-refractivity contribution in [3.05, 3.63) is 12.2 Å². The van der Waals surface area contributed by atoms with E-state index in [2.05, 4.69) is 16.9 Å². The Bertz CT molecular complexity index is 269. The van der Waals surface area contributed by atoms with E-state index in [1.165, 1.54) is 0 Å². The zero-order valence-electron chi connectivity index (χ0n) is 7.94. The molecule has 1 atom stereocenters. The Morgan fingerprint density at radius 2 is 1.93 bits per heavy atom. The van der Waals surface area contributed by atoms with Crippen LogP contribution in [0.5, 0.6) is 0 Å². The van der Waals surface area contributed by atoms with Gasteiger partial charge in [0.2, 0.25) is 0 Å². The molecule has 76 valence electrons. The average molecular weight is 195 g/mol. The monoisotopic (exact) mass is 195 g/mol. The maximum Gasteiger partial charge on any atom is 0.327 e. The summed E-state index contributed by atoms with van der Waals surface area (Å²) in [5.74, 6) is -0.841. The molecule has 0 aromatic carbocycles. The van der Waals surface area contributed by atoms with Crippen LogP contribution in [0.4, 0.5) is 0 Å². The molecule has 1 unspecified atom stereocenters. The number of rotatable bonds is 1. The summed E-state index contributed by atoms with van der Waals surface area (Å²) in [6.07, 6.45) is 7.24. The number of allylic oxidation sites excluding steroid dienone is 1. The van der Waals surface area contributed by atoms with E-state index in [0.717, 1.165) is 19.3 Å². The second kappa shape index (κ2) is 3.92. The zero-order valence-corrected chi connectivity index (χ0v) is 7.94. The van der Waals surface area contributed by atoms with Crippen molar-refractivity contribution in [2.75, 3.05) is 13.1 Å². The molecule has 0 saturated carbocycles. The molecule has 0 spiro atoms. The van der Waals surface area contributed by atoms with E-state index in [1.54, 1.807) is 0 Å². The van der Waals surface area contributed by atoms with Gasteiger partial charge in [0, 0.05) is 6.04 Å². The number of hydrogen-bond donors (Lipinski definition) is 0. The molecule has 1 saturated heterocycles. The molecular weight excluding hydrogens is 182 g/mol. The lowest BCUT2D eigenvalue weighted by Crippen LogP contribution is -2.48. The second-order valence-electron chi connectivity index (χ2n) is 3.69. The van der Waals surface area contributed by atoms with Gasteiger partial charge in [0.1, 0.15) is 0 Å². The summed E-state index contributed by atoms with van der Waals surface area (Å²) in [6.45, 7) is 0.508. The van der Waals surface area contributed by atoms with Gasteiger partial charge in [0.25, 0.3) is 0 Å². The van der Waals surface area contributed by atoms with Gasteiger partial charge < -0.3 is 4.74 Å². The van der Waals surface area contributed by atoms with Gasteiger partial charge in [-0.05, 0) is 19.3 Å². The van der Waals surface area contributed by atoms with E-state index in [9.17, 15) is 9.59 Å². The fourth-order valence-corrected chi connectivity index (χ4v) is 1.95. The van der Waals surface area contributed by atoms with E-state index in [4.69, 9.17) is 0 Å². The van der Waals surface area contributed by atoms with Crippen molar-refractivity contribution in [2.24, 2.45) is 0 Å². The van der Waals surface area contributed by atoms with Crippen LogP contribution in [0.1, 0.15) is 19.3 Å². The summed E-state index contributed by atoms with van der Waals surface area (Å²) in [6, 6.07) is 0.330. The molecule has 1 aliphatic heterocycles. The van der Waals surface area contributed by atoms with Crippen molar-refractivity contribution < 1.29 is 14.3 Å².